The number of benzene rings is 1. The van der Waals surface area contributed by atoms with Gasteiger partial charge in [0.2, 0.25) is 0 Å². The van der Waals surface area contributed by atoms with Crippen molar-refractivity contribution in [2.45, 2.75) is 50.4 Å². The Labute approximate surface area is 185 Å². The van der Waals surface area contributed by atoms with Crippen LogP contribution in [0.4, 0.5) is 9.18 Å². The topological polar surface area (TPSA) is 44.8 Å². The van der Waals surface area contributed by atoms with E-state index in [-0.39, 0.29) is 6.09 Å². The van der Waals surface area contributed by atoms with E-state index in [0.29, 0.717) is 57.0 Å². The van der Waals surface area contributed by atoms with Crippen LogP contribution in [0.15, 0.2) is 43.0 Å². The van der Waals surface area contributed by atoms with Crippen LogP contribution in [0.3, 0.4) is 0 Å². The van der Waals surface area contributed by atoms with Gasteiger partial charge in [-0.05, 0) is 49.8 Å². The molecule has 5 nitrogen and oxygen atoms in total. The Balaban J connectivity index is 1.11. The minimum atomic E-state index is -1.23. The summed E-state index contributed by atoms with van der Waals surface area (Å²) in [6.45, 7) is 8.55. The zero-order valence-electron chi connectivity index (χ0n) is 18.5. The Morgan fingerprint density at radius 3 is 2.55 bits per heavy atom. The number of carbonyl (C=O) groups excluding carboxylic acids is 1. The standard InChI is InChI=1S/C25H36FN3O2/c1-2-22-16-23(22)27-19-25(26)10-14-29(15-11-25)24(30)31-18-21-8-12-28(13-9-21)17-20-6-4-3-5-7-20/h2-7,21-23,27H,1,8-19H2/t22-,23?/m1/s1. The fourth-order valence-corrected chi connectivity index (χ4v) is 4.72. The molecule has 4 rings (SSSR count). The number of likely N-dealkylation sites (tertiary alicyclic amines) is 2. The van der Waals surface area contributed by atoms with Crippen molar-refractivity contribution >= 4 is 6.09 Å². The SMILES string of the molecule is C=C[C@@H]1CC1NCC1(F)CCN(C(=O)OCC2CCN(Cc3ccccc3)CC2)CC1. The average Bonchev–Trinajstić information content (AvgIpc) is 3.57. The molecule has 1 N–H and O–H groups in total. The first-order chi connectivity index (χ1) is 15.0. The highest BCUT2D eigenvalue weighted by Crippen LogP contribution is 2.33. The summed E-state index contributed by atoms with van der Waals surface area (Å²) in [5, 5.41) is 3.31. The van der Waals surface area contributed by atoms with Crippen LogP contribution < -0.4 is 5.32 Å². The summed E-state index contributed by atoms with van der Waals surface area (Å²) in [5.74, 6) is 0.908. The van der Waals surface area contributed by atoms with Crippen molar-refractivity contribution in [3.8, 4) is 0 Å². The van der Waals surface area contributed by atoms with Crippen LogP contribution in [0.25, 0.3) is 0 Å². The highest BCUT2D eigenvalue weighted by atomic mass is 19.1. The number of rotatable bonds is 8. The molecule has 2 heterocycles. The molecule has 1 unspecified atom stereocenters. The Morgan fingerprint density at radius 2 is 1.90 bits per heavy atom. The molecule has 3 aliphatic rings. The number of halogens is 1. The summed E-state index contributed by atoms with van der Waals surface area (Å²) in [4.78, 5) is 16.6. The van der Waals surface area contributed by atoms with E-state index >= 15 is 4.39 Å². The van der Waals surface area contributed by atoms with Crippen molar-refractivity contribution in [1.29, 1.82) is 0 Å². The molecule has 0 radical (unpaired) electrons. The van der Waals surface area contributed by atoms with Gasteiger partial charge in [0.05, 0.1) is 6.61 Å². The molecule has 2 aliphatic heterocycles. The second-order valence-corrected chi connectivity index (χ2v) is 9.54. The van der Waals surface area contributed by atoms with Crippen molar-refractivity contribution in [1.82, 2.24) is 15.1 Å². The van der Waals surface area contributed by atoms with Crippen LogP contribution in [-0.4, -0.2) is 66.9 Å². The lowest BCUT2D eigenvalue weighted by molar-refractivity contribution is 0.0324. The lowest BCUT2D eigenvalue weighted by atomic mass is 9.93. The molecule has 1 amide bonds. The summed E-state index contributed by atoms with van der Waals surface area (Å²) in [5.41, 5.74) is 0.116. The quantitative estimate of drug-likeness (QED) is 0.635. The maximum atomic E-state index is 15.0. The smallest absolute Gasteiger partial charge is 0.409 e. The van der Waals surface area contributed by atoms with Gasteiger partial charge < -0.3 is 15.0 Å². The van der Waals surface area contributed by atoms with E-state index in [1.165, 1.54) is 5.56 Å². The van der Waals surface area contributed by atoms with Crippen LogP contribution in [0.5, 0.6) is 0 Å². The molecular formula is C25H36FN3O2. The van der Waals surface area contributed by atoms with Gasteiger partial charge in [-0.3, -0.25) is 4.90 Å². The molecule has 0 aromatic heterocycles. The molecule has 1 aliphatic carbocycles. The fraction of sp³-hybridized carbons (Fsp3) is 0.640. The molecule has 2 atom stereocenters. The predicted molar refractivity (Wildman–Crippen MR) is 121 cm³/mol. The summed E-state index contributed by atoms with van der Waals surface area (Å²) >= 11 is 0. The van der Waals surface area contributed by atoms with Gasteiger partial charge in [0, 0.05) is 45.1 Å². The Hall–Kier alpha value is -1.92. The van der Waals surface area contributed by atoms with E-state index in [9.17, 15) is 4.79 Å². The van der Waals surface area contributed by atoms with E-state index in [4.69, 9.17) is 4.74 Å². The number of hydrogen-bond donors (Lipinski definition) is 1. The third-order valence-corrected chi connectivity index (χ3v) is 7.14. The molecule has 6 heteroatoms. The molecule has 1 saturated carbocycles. The minimum Gasteiger partial charge on any atom is -0.449 e. The van der Waals surface area contributed by atoms with Crippen molar-refractivity contribution < 1.29 is 13.9 Å². The van der Waals surface area contributed by atoms with Gasteiger partial charge in [-0.25, -0.2) is 9.18 Å². The largest absolute Gasteiger partial charge is 0.449 e. The van der Waals surface area contributed by atoms with Crippen LogP contribution in [0.2, 0.25) is 0 Å². The zero-order chi connectivity index (χ0) is 21.7. The molecule has 2 saturated heterocycles. The second-order valence-electron chi connectivity index (χ2n) is 9.54. The first-order valence-corrected chi connectivity index (χ1v) is 11.8. The lowest BCUT2D eigenvalue weighted by Gasteiger charge is -2.36. The minimum absolute atomic E-state index is 0.282. The molecular weight excluding hydrogens is 393 g/mol. The Bertz CT molecular complexity index is 728. The Kier molecular flexibility index (Phi) is 7.28. The third-order valence-electron chi connectivity index (χ3n) is 7.14. The maximum absolute atomic E-state index is 15.0. The first-order valence-electron chi connectivity index (χ1n) is 11.8. The first kappa shape index (κ1) is 22.3. The van der Waals surface area contributed by atoms with E-state index in [1.54, 1.807) is 4.90 Å². The van der Waals surface area contributed by atoms with Gasteiger partial charge in [-0.15, -0.1) is 6.58 Å². The van der Waals surface area contributed by atoms with Gasteiger partial charge in [0.25, 0.3) is 0 Å². The van der Waals surface area contributed by atoms with Gasteiger partial charge in [-0.1, -0.05) is 36.4 Å². The number of hydrogen-bond acceptors (Lipinski definition) is 4. The molecule has 0 spiro atoms. The number of nitrogens with one attached hydrogen (secondary N) is 1. The van der Waals surface area contributed by atoms with Crippen molar-refractivity contribution in [3.63, 3.8) is 0 Å². The average molecular weight is 430 g/mol. The van der Waals surface area contributed by atoms with Crippen molar-refractivity contribution in [2.75, 3.05) is 39.3 Å². The van der Waals surface area contributed by atoms with E-state index in [1.807, 2.05) is 12.1 Å². The van der Waals surface area contributed by atoms with Crippen LogP contribution >= 0.6 is 0 Å². The lowest BCUT2D eigenvalue weighted by Crippen LogP contribution is -2.49. The summed E-state index contributed by atoms with van der Waals surface area (Å²) in [7, 11) is 0. The number of carbonyl (C=O) groups is 1. The Morgan fingerprint density at radius 1 is 1.19 bits per heavy atom. The number of amides is 1. The predicted octanol–water partition coefficient (Wildman–Crippen LogP) is 4.00. The van der Waals surface area contributed by atoms with E-state index in [2.05, 4.69) is 41.1 Å². The van der Waals surface area contributed by atoms with Crippen molar-refractivity contribution in [3.05, 3.63) is 48.6 Å². The van der Waals surface area contributed by atoms with Crippen molar-refractivity contribution in [2.24, 2.45) is 11.8 Å². The van der Waals surface area contributed by atoms with E-state index < -0.39 is 5.67 Å². The van der Waals surface area contributed by atoms with Gasteiger partial charge in [-0.2, -0.15) is 0 Å². The molecule has 1 aromatic rings. The maximum Gasteiger partial charge on any atom is 0.409 e. The van der Waals surface area contributed by atoms with Crippen LogP contribution in [-0.2, 0) is 11.3 Å². The van der Waals surface area contributed by atoms with Gasteiger partial charge in [0.15, 0.2) is 0 Å². The normalized spacial score (nSPS) is 26.4. The number of piperidine rings is 2. The van der Waals surface area contributed by atoms with Crippen LogP contribution in [0, 0.1) is 11.8 Å². The second kappa shape index (κ2) is 10.1. The summed E-state index contributed by atoms with van der Waals surface area (Å²) in [6.07, 6.45) is 5.56. The molecule has 31 heavy (non-hydrogen) atoms. The van der Waals surface area contributed by atoms with E-state index in [0.717, 1.165) is 38.9 Å². The molecule has 1 aromatic carbocycles. The molecule has 170 valence electrons. The highest BCUT2D eigenvalue weighted by Gasteiger charge is 2.40. The monoisotopic (exact) mass is 429 g/mol. The fourth-order valence-electron chi connectivity index (χ4n) is 4.72. The summed E-state index contributed by atoms with van der Waals surface area (Å²) < 4.78 is 20.6. The molecule has 0 bridgehead atoms. The number of ether oxygens (including phenoxy) is 1. The highest BCUT2D eigenvalue weighted by molar-refractivity contribution is 5.67. The van der Waals surface area contributed by atoms with Gasteiger partial charge >= 0.3 is 6.09 Å². The van der Waals surface area contributed by atoms with Crippen LogP contribution in [0.1, 0.15) is 37.7 Å². The zero-order valence-corrected chi connectivity index (χ0v) is 18.5. The summed E-state index contributed by atoms with van der Waals surface area (Å²) in [6, 6.07) is 10.9. The molecule has 3 fully saturated rings. The third kappa shape index (κ3) is 6.30. The number of alkyl halides is 1. The number of nitrogens with zero attached hydrogens (tertiary/aromatic N) is 2. The van der Waals surface area contributed by atoms with Gasteiger partial charge in [0.1, 0.15) is 5.67 Å².